The van der Waals surface area contributed by atoms with Gasteiger partial charge in [0.2, 0.25) is 0 Å². The van der Waals surface area contributed by atoms with E-state index in [-0.39, 0.29) is 12.5 Å². The maximum Gasteiger partial charge on any atom is 0.253 e. The Morgan fingerprint density at radius 1 is 1.06 bits per heavy atom. The average molecular weight is 466 g/mol. The number of amides is 1. The predicted octanol–water partition coefficient (Wildman–Crippen LogP) is 5.87. The van der Waals surface area contributed by atoms with E-state index in [1.807, 2.05) is 43.3 Å². The second kappa shape index (κ2) is 12.1. The van der Waals surface area contributed by atoms with Gasteiger partial charge in [-0.15, -0.1) is 0 Å². The van der Waals surface area contributed by atoms with Gasteiger partial charge >= 0.3 is 0 Å². The fraction of sp³-hybridized carbons (Fsp3) is 0.259. The van der Waals surface area contributed by atoms with Crippen molar-refractivity contribution >= 4 is 23.8 Å². The molecule has 172 valence electrons. The first-order valence-corrected chi connectivity index (χ1v) is 11.3. The minimum absolute atomic E-state index is 0.273. The van der Waals surface area contributed by atoms with Crippen molar-refractivity contribution in [3.63, 3.8) is 0 Å². The summed E-state index contributed by atoms with van der Waals surface area (Å²) in [5.41, 5.74) is 4.38. The molecule has 0 spiro atoms. The smallest absolute Gasteiger partial charge is 0.253 e. The molecule has 0 aromatic heterocycles. The van der Waals surface area contributed by atoms with Crippen LogP contribution < -0.4 is 14.8 Å². The molecule has 6 heteroatoms. The maximum atomic E-state index is 12.8. The fourth-order valence-corrected chi connectivity index (χ4v) is 3.75. The third kappa shape index (κ3) is 6.59. The molecular formula is C27H28ClNO4. The van der Waals surface area contributed by atoms with Crippen LogP contribution in [0.25, 0.3) is 11.1 Å². The number of ether oxygens (including phenoxy) is 2. The molecule has 3 aromatic carbocycles. The summed E-state index contributed by atoms with van der Waals surface area (Å²) in [5.74, 6) is 1.05. The number of methoxy groups -OCH3 is 1. The lowest BCUT2D eigenvalue weighted by atomic mass is 9.99. The van der Waals surface area contributed by atoms with E-state index < -0.39 is 0 Å². The van der Waals surface area contributed by atoms with Crippen LogP contribution in [0.4, 0.5) is 0 Å². The summed E-state index contributed by atoms with van der Waals surface area (Å²) in [6.07, 6.45) is 3.03. The number of halogens is 1. The molecule has 1 N–H and O–H groups in total. The second-order valence-corrected chi connectivity index (χ2v) is 8.01. The van der Waals surface area contributed by atoms with Gasteiger partial charge in [-0.25, -0.2) is 0 Å². The third-order valence-corrected chi connectivity index (χ3v) is 5.50. The highest BCUT2D eigenvalue weighted by atomic mass is 35.5. The number of carbonyl (C=O) groups excluding carboxylic acids is 2. The highest BCUT2D eigenvalue weighted by Crippen LogP contribution is 2.28. The van der Waals surface area contributed by atoms with Crippen LogP contribution in [0, 0.1) is 0 Å². The van der Waals surface area contributed by atoms with Gasteiger partial charge in [0.1, 0.15) is 17.8 Å². The van der Waals surface area contributed by atoms with E-state index in [2.05, 4.69) is 11.4 Å². The number of aryl methyl sites for hydroxylation is 1. The number of nitrogens with one attached hydrogen (secondary N) is 1. The third-order valence-electron chi connectivity index (χ3n) is 5.19. The highest BCUT2D eigenvalue weighted by molar-refractivity contribution is 6.34. The molecule has 0 bridgehead atoms. The summed E-state index contributed by atoms with van der Waals surface area (Å²) in [6.45, 7) is 2.90. The van der Waals surface area contributed by atoms with Gasteiger partial charge in [0, 0.05) is 18.5 Å². The van der Waals surface area contributed by atoms with E-state index >= 15 is 0 Å². The Morgan fingerprint density at radius 2 is 1.88 bits per heavy atom. The van der Waals surface area contributed by atoms with Crippen LogP contribution in [0.2, 0.25) is 5.02 Å². The number of hydrogen-bond acceptors (Lipinski definition) is 4. The van der Waals surface area contributed by atoms with Crippen molar-refractivity contribution in [3.05, 3.63) is 82.4 Å². The minimum atomic E-state index is -0.273. The van der Waals surface area contributed by atoms with Crippen LogP contribution in [0.15, 0.2) is 60.7 Å². The lowest BCUT2D eigenvalue weighted by Crippen LogP contribution is -2.23. The Bertz CT molecular complexity index is 1110. The molecular weight excluding hydrogens is 438 g/mol. The van der Waals surface area contributed by atoms with Crippen molar-refractivity contribution in [2.45, 2.75) is 32.7 Å². The first-order valence-electron chi connectivity index (χ1n) is 11.0. The zero-order chi connectivity index (χ0) is 23.6. The Kier molecular flexibility index (Phi) is 8.90. The molecule has 0 heterocycles. The van der Waals surface area contributed by atoms with E-state index in [0.717, 1.165) is 35.0 Å². The Morgan fingerprint density at radius 3 is 2.61 bits per heavy atom. The van der Waals surface area contributed by atoms with Crippen molar-refractivity contribution in [2.75, 3.05) is 13.7 Å². The fourth-order valence-electron chi connectivity index (χ4n) is 3.49. The molecule has 33 heavy (non-hydrogen) atoms. The number of rotatable bonds is 11. The lowest BCUT2D eigenvalue weighted by Gasteiger charge is -2.13. The molecule has 0 aliphatic heterocycles. The molecule has 0 atom stereocenters. The molecule has 0 fully saturated rings. The van der Waals surface area contributed by atoms with E-state index in [1.54, 1.807) is 25.3 Å². The maximum absolute atomic E-state index is 12.8. The zero-order valence-electron chi connectivity index (χ0n) is 18.9. The molecule has 0 aliphatic rings. The average Bonchev–Trinajstić information content (AvgIpc) is 2.84. The zero-order valence-corrected chi connectivity index (χ0v) is 19.7. The van der Waals surface area contributed by atoms with Gasteiger partial charge < -0.3 is 19.6 Å². The molecule has 1 amide bonds. The van der Waals surface area contributed by atoms with Crippen molar-refractivity contribution in [3.8, 4) is 22.6 Å². The molecule has 0 unspecified atom stereocenters. The van der Waals surface area contributed by atoms with Gasteiger partial charge in [-0.05, 0) is 59.9 Å². The van der Waals surface area contributed by atoms with Gasteiger partial charge in [-0.2, -0.15) is 0 Å². The SMILES string of the molecule is CCCOc1ccc(C(=O)NCc2cc(-c3cccc(CCC=O)c3)ccc2OC)c(Cl)c1. The van der Waals surface area contributed by atoms with Crippen molar-refractivity contribution in [2.24, 2.45) is 0 Å². The van der Waals surface area contributed by atoms with Crippen molar-refractivity contribution < 1.29 is 19.1 Å². The van der Waals surface area contributed by atoms with Gasteiger partial charge in [-0.3, -0.25) is 4.79 Å². The van der Waals surface area contributed by atoms with Crippen LogP contribution in [0.5, 0.6) is 11.5 Å². The lowest BCUT2D eigenvalue weighted by molar-refractivity contribution is -0.107. The molecule has 5 nitrogen and oxygen atoms in total. The monoisotopic (exact) mass is 465 g/mol. The van der Waals surface area contributed by atoms with Crippen LogP contribution in [-0.2, 0) is 17.8 Å². The predicted molar refractivity (Wildman–Crippen MR) is 131 cm³/mol. The molecule has 0 saturated heterocycles. The summed E-state index contributed by atoms with van der Waals surface area (Å²) in [5, 5.41) is 3.27. The van der Waals surface area contributed by atoms with Gasteiger partial charge in [-0.1, -0.05) is 48.9 Å². The quantitative estimate of drug-likeness (QED) is 0.360. The molecule has 0 aliphatic carbocycles. The first kappa shape index (κ1) is 24.3. The largest absolute Gasteiger partial charge is 0.496 e. The molecule has 0 radical (unpaired) electrons. The van der Waals surface area contributed by atoms with Gasteiger partial charge in [0.05, 0.1) is 24.3 Å². The summed E-state index contributed by atoms with van der Waals surface area (Å²) in [4.78, 5) is 23.5. The summed E-state index contributed by atoms with van der Waals surface area (Å²) in [6, 6.07) is 19.0. The standard InChI is InChI=1S/C27H28ClNO4/c1-3-14-33-23-10-11-24(25(28)17-23)27(31)29-18-22-16-21(9-12-26(22)32-2)20-8-4-6-19(15-20)7-5-13-30/h4,6,8-13,15-17H,3,5,7,14,18H2,1-2H3,(H,29,31). The van der Waals surface area contributed by atoms with Gasteiger partial charge in [0.25, 0.3) is 5.91 Å². The van der Waals surface area contributed by atoms with E-state index in [1.165, 1.54) is 0 Å². The highest BCUT2D eigenvalue weighted by Gasteiger charge is 2.13. The summed E-state index contributed by atoms with van der Waals surface area (Å²) in [7, 11) is 1.60. The number of aldehydes is 1. The number of carbonyl (C=O) groups is 2. The molecule has 3 rings (SSSR count). The molecule has 0 saturated carbocycles. The second-order valence-electron chi connectivity index (χ2n) is 7.61. The van der Waals surface area contributed by atoms with Crippen LogP contribution in [0.3, 0.4) is 0 Å². The van der Waals surface area contributed by atoms with Crippen LogP contribution >= 0.6 is 11.6 Å². The Labute approximate surface area is 199 Å². The Balaban J connectivity index is 1.75. The Hall–Kier alpha value is -3.31. The normalized spacial score (nSPS) is 10.5. The van der Waals surface area contributed by atoms with E-state index in [9.17, 15) is 9.59 Å². The minimum Gasteiger partial charge on any atom is -0.496 e. The summed E-state index contributed by atoms with van der Waals surface area (Å²) < 4.78 is 11.1. The number of benzene rings is 3. The topological polar surface area (TPSA) is 64.6 Å². The van der Waals surface area contributed by atoms with E-state index in [4.69, 9.17) is 21.1 Å². The van der Waals surface area contributed by atoms with Crippen LogP contribution in [-0.4, -0.2) is 25.9 Å². The molecule has 3 aromatic rings. The van der Waals surface area contributed by atoms with Crippen molar-refractivity contribution in [1.82, 2.24) is 5.32 Å². The summed E-state index contributed by atoms with van der Waals surface area (Å²) >= 11 is 6.31. The number of hydrogen-bond donors (Lipinski definition) is 1. The van der Waals surface area contributed by atoms with Gasteiger partial charge in [0.15, 0.2) is 0 Å². The van der Waals surface area contributed by atoms with Crippen molar-refractivity contribution in [1.29, 1.82) is 0 Å². The van der Waals surface area contributed by atoms with Crippen LogP contribution in [0.1, 0.15) is 41.3 Å². The van der Waals surface area contributed by atoms with E-state index in [0.29, 0.717) is 41.5 Å². The first-order chi connectivity index (χ1) is 16.0.